The Bertz CT molecular complexity index is 471. The lowest BCUT2D eigenvalue weighted by Gasteiger charge is -2.38. The van der Waals surface area contributed by atoms with Gasteiger partial charge in [0.25, 0.3) is 0 Å². The van der Waals surface area contributed by atoms with E-state index >= 15 is 0 Å². The summed E-state index contributed by atoms with van der Waals surface area (Å²) < 4.78 is 11.5. The quantitative estimate of drug-likeness (QED) is 0.887. The van der Waals surface area contributed by atoms with Gasteiger partial charge in [0.2, 0.25) is 0 Å². The number of benzene rings is 1. The topological polar surface area (TPSA) is 38.7 Å². The molecule has 2 unspecified atom stereocenters. The van der Waals surface area contributed by atoms with Gasteiger partial charge >= 0.3 is 0 Å². The van der Waals surface area contributed by atoms with Gasteiger partial charge in [0.1, 0.15) is 17.1 Å². The van der Waals surface area contributed by atoms with Crippen molar-refractivity contribution in [2.24, 2.45) is 5.92 Å². The van der Waals surface area contributed by atoms with Gasteiger partial charge in [-0.15, -0.1) is 0 Å². The minimum Gasteiger partial charge on any atom is -0.497 e. The molecule has 1 aromatic carbocycles. The monoisotopic (exact) mass is 262 g/mol. The summed E-state index contributed by atoms with van der Waals surface area (Å²) in [6.45, 7) is 2.24. The van der Waals surface area contributed by atoms with Gasteiger partial charge in [-0.3, -0.25) is 0 Å². The van der Waals surface area contributed by atoms with Crippen molar-refractivity contribution in [1.29, 1.82) is 0 Å². The third-order valence-corrected chi connectivity index (χ3v) is 4.71. The third-order valence-electron chi connectivity index (χ3n) is 4.71. The molecule has 3 nitrogen and oxygen atoms in total. The molecule has 3 rings (SSSR count). The van der Waals surface area contributed by atoms with Crippen LogP contribution in [-0.4, -0.2) is 17.8 Å². The Morgan fingerprint density at radius 1 is 1.42 bits per heavy atom. The molecular weight excluding hydrogens is 240 g/mol. The molecule has 1 aliphatic heterocycles. The lowest BCUT2D eigenvalue weighted by atomic mass is 9.86. The largest absolute Gasteiger partial charge is 0.497 e. The Labute approximate surface area is 114 Å². The van der Waals surface area contributed by atoms with E-state index in [0.29, 0.717) is 6.42 Å². The average Bonchev–Trinajstić information content (AvgIpc) is 2.81. The van der Waals surface area contributed by atoms with E-state index in [0.717, 1.165) is 35.8 Å². The number of fused-ring (bicyclic) bond motifs is 1. The van der Waals surface area contributed by atoms with Gasteiger partial charge in [-0.05, 0) is 43.4 Å². The molecule has 104 valence electrons. The zero-order chi connectivity index (χ0) is 13.5. The van der Waals surface area contributed by atoms with E-state index in [4.69, 9.17) is 9.47 Å². The van der Waals surface area contributed by atoms with Crippen LogP contribution in [0.4, 0.5) is 0 Å². The van der Waals surface area contributed by atoms with Crippen molar-refractivity contribution in [3.63, 3.8) is 0 Å². The van der Waals surface area contributed by atoms with Crippen molar-refractivity contribution in [2.45, 2.75) is 50.7 Å². The minimum atomic E-state index is -0.436. The smallest absolute Gasteiger partial charge is 0.126 e. The van der Waals surface area contributed by atoms with Crippen molar-refractivity contribution in [3.05, 3.63) is 23.8 Å². The molecule has 1 heterocycles. The molecular formula is C16H22O3. The molecule has 3 heteroatoms. The lowest BCUT2D eigenvalue weighted by Crippen LogP contribution is -2.38. The minimum absolute atomic E-state index is 0.137. The molecule has 2 aliphatic rings. The summed E-state index contributed by atoms with van der Waals surface area (Å²) in [4.78, 5) is 0. The molecule has 1 N–H and O–H groups in total. The first-order valence-electron chi connectivity index (χ1n) is 7.21. The van der Waals surface area contributed by atoms with Gasteiger partial charge in [0, 0.05) is 12.0 Å². The average molecular weight is 262 g/mol. The number of methoxy groups -OCH3 is 1. The van der Waals surface area contributed by atoms with Crippen LogP contribution in [0.2, 0.25) is 0 Å². The van der Waals surface area contributed by atoms with E-state index in [9.17, 15) is 5.11 Å². The summed E-state index contributed by atoms with van der Waals surface area (Å²) in [5.74, 6) is 2.35. The Morgan fingerprint density at radius 2 is 2.26 bits per heavy atom. The Hall–Kier alpha value is -1.22. The molecule has 19 heavy (non-hydrogen) atoms. The highest BCUT2D eigenvalue weighted by molar-refractivity contribution is 5.43. The molecule has 0 saturated heterocycles. The lowest BCUT2D eigenvalue weighted by molar-refractivity contribution is -0.0123. The fourth-order valence-corrected chi connectivity index (χ4v) is 3.57. The predicted molar refractivity (Wildman–Crippen MR) is 73.6 cm³/mol. The van der Waals surface area contributed by atoms with Crippen molar-refractivity contribution in [2.75, 3.05) is 7.11 Å². The van der Waals surface area contributed by atoms with Crippen LogP contribution in [0.25, 0.3) is 0 Å². The summed E-state index contributed by atoms with van der Waals surface area (Å²) in [5, 5.41) is 10.4. The molecule has 0 aromatic heterocycles. The maximum Gasteiger partial charge on any atom is 0.126 e. The molecule has 0 bridgehead atoms. The molecule has 0 radical (unpaired) electrons. The Balaban J connectivity index is 1.88. The first kappa shape index (κ1) is 12.8. The summed E-state index contributed by atoms with van der Waals surface area (Å²) in [7, 11) is 1.64. The van der Waals surface area contributed by atoms with Crippen LogP contribution in [0.1, 0.15) is 50.7 Å². The third kappa shape index (κ3) is 2.20. The predicted octanol–water partition coefficient (Wildman–Crippen LogP) is 3.46. The number of hydrogen-bond donors (Lipinski definition) is 1. The summed E-state index contributed by atoms with van der Waals surface area (Å²) in [5.41, 5.74) is 0.728. The summed E-state index contributed by atoms with van der Waals surface area (Å²) in [6, 6.07) is 5.72. The number of hydrogen-bond acceptors (Lipinski definition) is 3. The standard InChI is InChI=1S/C16H22O3/c1-3-11-6-7-16(9-11)10-14(17)13-8-12(18-2)4-5-15(13)19-16/h4-5,8,11,14,17H,3,6-7,9-10H2,1-2H3/t11?,14-,16?/m1/s1. The molecule has 1 fully saturated rings. The van der Waals surface area contributed by atoms with Crippen molar-refractivity contribution < 1.29 is 14.6 Å². The fraction of sp³-hybridized carbons (Fsp3) is 0.625. The Kier molecular flexibility index (Phi) is 3.17. The van der Waals surface area contributed by atoms with Crippen LogP contribution in [-0.2, 0) is 0 Å². The van der Waals surface area contributed by atoms with Gasteiger partial charge < -0.3 is 14.6 Å². The number of ether oxygens (including phenoxy) is 2. The highest BCUT2D eigenvalue weighted by Gasteiger charge is 2.45. The number of rotatable bonds is 2. The van der Waals surface area contributed by atoms with Crippen molar-refractivity contribution in [1.82, 2.24) is 0 Å². The fourth-order valence-electron chi connectivity index (χ4n) is 3.57. The maximum absolute atomic E-state index is 10.4. The highest BCUT2D eigenvalue weighted by Crippen LogP contribution is 2.49. The number of aliphatic hydroxyl groups is 1. The second kappa shape index (κ2) is 4.71. The molecule has 1 aliphatic carbocycles. The van der Waals surface area contributed by atoms with Crippen LogP contribution < -0.4 is 9.47 Å². The van der Waals surface area contributed by atoms with E-state index in [-0.39, 0.29) is 5.60 Å². The second-order valence-corrected chi connectivity index (χ2v) is 5.93. The van der Waals surface area contributed by atoms with Gasteiger partial charge in [0.05, 0.1) is 13.2 Å². The van der Waals surface area contributed by atoms with Crippen molar-refractivity contribution >= 4 is 0 Å². The molecule has 1 aromatic rings. The zero-order valence-electron chi connectivity index (χ0n) is 11.7. The number of aliphatic hydroxyl groups excluding tert-OH is 1. The van der Waals surface area contributed by atoms with Crippen LogP contribution >= 0.6 is 0 Å². The maximum atomic E-state index is 10.4. The first-order chi connectivity index (χ1) is 9.15. The highest BCUT2D eigenvalue weighted by atomic mass is 16.5. The van der Waals surface area contributed by atoms with E-state index < -0.39 is 6.10 Å². The second-order valence-electron chi connectivity index (χ2n) is 5.93. The molecule has 3 atom stereocenters. The van der Waals surface area contributed by atoms with Gasteiger partial charge in [-0.1, -0.05) is 13.3 Å². The van der Waals surface area contributed by atoms with Crippen LogP contribution in [0, 0.1) is 5.92 Å². The van der Waals surface area contributed by atoms with E-state index in [1.807, 2.05) is 18.2 Å². The van der Waals surface area contributed by atoms with Gasteiger partial charge in [-0.25, -0.2) is 0 Å². The normalized spacial score (nSPS) is 33.0. The summed E-state index contributed by atoms with van der Waals surface area (Å²) in [6.07, 6.45) is 4.84. The van der Waals surface area contributed by atoms with Gasteiger partial charge in [0.15, 0.2) is 0 Å². The zero-order valence-corrected chi connectivity index (χ0v) is 11.7. The first-order valence-corrected chi connectivity index (χ1v) is 7.21. The summed E-state index contributed by atoms with van der Waals surface area (Å²) >= 11 is 0. The molecule has 0 amide bonds. The van der Waals surface area contributed by atoms with Crippen molar-refractivity contribution in [3.8, 4) is 11.5 Å². The van der Waals surface area contributed by atoms with Crippen LogP contribution in [0.3, 0.4) is 0 Å². The van der Waals surface area contributed by atoms with E-state index in [1.54, 1.807) is 7.11 Å². The van der Waals surface area contributed by atoms with Gasteiger partial charge in [-0.2, -0.15) is 0 Å². The molecule has 1 saturated carbocycles. The SMILES string of the molecule is CCC1CCC2(C1)C[C@@H](O)c1cc(OC)ccc1O2. The molecule has 1 spiro atoms. The Morgan fingerprint density at radius 3 is 2.95 bits per heavy atom. The van der Waals surface area contributed by atoms with Crippen LogP contribution in [0.15, 0.2) is 18.2 Å². The van der Waals surface area contributed by atoms with E-state index in [2.05, 4.69) is 6.92 Å². The van der Waals surface area contributed by atoms with E-state index in [1.165, 1.54) is 12.8 Å². The van der Waals surface area contributed by atoms with Crippen LogP contribution in [0.5, 0.6) is 11.5 Å².